The molecule has 13 nitrogen and oxygen atoms in total. The molecule has 0 spiro atoms. The molecule has 4 atom stereocenters. The first-order valence-corrected chi connectivity index (χ1v) is 9.51. The second kappa shape index (κ2) is 12.2. The molecule has 32 heavy (non-hydrogen) atoms. The Hall–Kier alpha value is -3.71. The predicted octanol–water partition coefficient (Wildman–Crippen LogP) is -3.31. The molecular formula is C19H27N5O8. The molecule has 0 aliphatic carbocycles. The van der Waals surface area contributed by atoms with Crippen molar-refractivity contribution in [2.24, 2.45) is 11.5 Å². The number of nitrogens with one attached hydrogen (secondary N) is 3. The SMILES string of the molecule is CC(NC(=O)C(CO)NC(=O)C(CC(N)=O)NC(=O)C(N)Cc1ccc(O)cc1)C(=O)O. The molecule has 0 fully saturated rings. The van der Waals surface area contributed by atoms with Gasteiger partial charge in [0.2, 0.25) is 23.6 Å². The van der Waals surface area contributed by atoms with Gasteiger partial charge in [0.25, 0.3) is 0 Å². The molecule has 0 bridgehead atoms. The molecule has 176 valence electrons. The summed E-state index contributed by atoms with van der Waals surface area (Å²) in [5.74, 6) is -5.01. The van der Waals surface area contributed by atoms with Crippen LogP contribution in [-0.4, -0.2) is 75.7 Å². The van der Waals surface area contributed by atoms with Gasteiger partial charge in [-0.25, -0.2) is 0 Å². The van der Waals surface area contributed by atoms with Gasteiger partial charge in [0.05, 0.1) is 19.1 Å². The Labute approximate surface area is 183 Å². The number of phenols is 1. The fraction of sp³-hybridized carbons (Fsp3) is 0.421. The van der Waals surface area contributed by atoms with Crippen molar-refractivity contribution in [1.29, 1.82) is 0 Å². The van der Waals surface area contributed by atoms with Crippen molar-refractivity contribution in [3.63, 3.8) is 0 Å². The maximum absolute atomic E-state index is 12.5. The zero-order valence-electron chi connectivity index (χ0n) is 17.3. The van der Waals surface area contributed by atoms with Gasteiger partial charge in [-0.15, -0.1) is 0 Å². The van der Waals surface area contributed by atoms with E-state index in [1.54, 1.807) is 12.1 Å². The van der Waals surface area contributed by atoms with Crippen molar-refractivity contribution >= 4 is 29.6 Å². The van der Waals surface area contributed by atoms with Crippen molar-refractivity contribution in [2.75, 3.05) is 6.61 Å². The topological polar surface area (TPSA) is 234 Å². The average molecular weight is 453 g/mol. The van der Waals surface area contributed by atoms with Crippen LogP contribution in [-0.2, 0) is 30.4 Å². The standard InChI is InChI=1S/C19H27N5O8/c1-9(19(31)32)22-18(30)14(8-25)24-17(29)13(7-15(21)27)23-16(28)12(20)6-10-2-4-11(26)5-3-10/h2-5,9,12-14,25-26H,6-8,20H2,1H3,(H2,21,27)(H,22,30)(H,23,28)(H,24,29)(H,31,32). The Morgan fingerprint density at radius 3 is 1.97 bits per heavy atom. The number of phenolic OH excluding ortho intramolecular Hbond substituents is 1. The minimum Gasteiger partial charge on any atom is -0.508 e. The minimum atomic E-state index is -1.54. The van der Waals surface area contributed by atoms with E-state index >= 15 is 0 Å². The number of primary amides is 1. The number of nitrogens with two attached hydrogens (primary N) is 2. The van der Waals surface area contributed by atoms with E-state index in [1.165, 1.54) is 19.1 Å². The second-order valence-electron chi connectivity index (χ2n) is 7.02. The summed E-state index contributed by atoms with van der Waals surface area (Å²) in [6.07, 6.45) is -0.555. The van der Waals surface area contributed by atoms with Crippen molar-refractivity contribution < 1.29 is 39.3 Å². The summed E-state index contributed by atoms with van der Waals surface area (Å²) in [7, 11) is 0. The quantitative estimate of drug-likeness (QED) is 0.158. The number of carbonyl (C=O) groups excluding carboxylic acids is 4. The lowest BCUT2D eigenvalue weighted by Crippen LogP contribution is -2.58. The van der Waals surface area contributed by atoms with Gasteiger partial charge in [0, 0.05) is 0 Å². The van der Waals surface area contributed by atoms with Crippen LogP contribution in [0.4, 0.5) is 0 Å². The number of aliphatic hydroxyl groups is 1. The molecule has 0 heterocycles. The van der Waals surface area contributed by atoms with E-state index in [9.17, 15) is 34.2 Å². The van der Waals surface area contributed by atoms with Gasteiger partial charge in [-0.3, -0.25) is 24.0 Å². The number of rotatable bonds is 12. The lowest BCUT2D eigenvalue weighted by molar-refractivity contribution is -0.142. The number of benzene rings is 1. The smallest absolute Gasteiger partial charge is 0.325 e. The molecule has 0 aromatic heterocycles. The van der Waals surface area contributed by atoms with Gasteiger partial charge in [-0.1, -0.05) is 12.1 Å². The number of aliphatic hydroxyl groups excluding tert-OH is 1. The Kier molecular flexibility index (Phi) is 10.1. The number of hydrogen-bond donors (Lipinski definition) is 8. The average Bonchev–Trinajstić information content (AvgIpc) is 2.72. The maximum atomic E-state index is 12.5. The van der Waals surface area contributed by atoms with E-state index < -0.39 is 66.8 Å². The highest BCUT2D eigenvalue weighted by Crippen LogP contribution is 2.11. The van der Waals surface area contributed by atoms with Crippen LogP contribution in [0.25, 0.3) is 0 Å². The van der Waals surface area contributed by atoms with Gasteiger partial charge in [-0.2, -0.15) is 0 Å². The highest BCUT2D eigenvalue weighted by Gasteiger charge is 2.30. The third-order valence-corrected chi connectivity index (χ3v) is 4.31. The van der Waals surface area contributed by atoms with Crippen LogP contribution < -0.4 is 27.4 Å². The first kappa shape index (κ1) is 26.3. The largest absolute Gasteiger partial charge is 0.508 e. The molecule has 0 saturated carbocycles. The Bertz CT molecular complexity index is 845. The number of carboxylic acids is 1. The van der Waals surface area contributed by atoms with E-state index in [1.807, 2.05) is 0 Å². The van der Waals surface area contributed by atoms with E-state index in [4.69, 9.17) is 16.6 Å². The van der Waals surface area contributed by atoms with Gasteiger partial charge >= 0.3 is 5.97 Å². The minimum absolute atomic E-state index is 0.0326. The number of hydrogen-bond acceptors (Lipinski definition) is 8. The third-order valence-electron chi connectivity index (χ3n) is 4.31. The van der Waals surface area contributed by atoms with Crippen molar-refractivity contribution in [1.82, 2.24) is 16.0 Å². The number of aromatic hydroxyl groups is 1. The van der Waals surface area contributed by atoms with Gasteiger partial charge in [0.1, 0.15) is 23.9 Å². The molecule has 4 unspecified atom stereocenters. The number of carbonyl (C=O) groups is 5. The van der Waals surface area contributed by atoms with Crippen LogP contribution in [0, 0.1) is 0 Å². The molecule has 1 aromatic rings. The Balaban J connectivity index is 2.82. The fourth-order valence-electron chi connectivity index (χ4n) is 2.51. The van der Waals surface area contributed by atoms with E-state index in [2.05, 4.69) is 16.0 Å². The summed E-state index contributed by atoms with van der Waals surface area (Å²) < 4.78 is 0. The summed E-state index contributed by atoms with van der Waals surface area (Å²) in [6, 6.07) is 0.496. The lowest BCUT2D eigenvalue weighted by atomic mass is 10.0. The molecule has 13 heteroatoms. The first-order chi connectivity index (χ1) is 14.9. The molecule has 1 aromatic carbocycles. The predicted molar refractivity (Wildman–Crippen MR) is 110 cm³/mol. The molecule has 0 aliphatic rings. The van der Waals surface area contributed by atoms with Crippen molar-refractivity contribution in [2.45, 2.75) is 43.9 Å². The highest BCUT2D eigenvalue weighted by atomic mass is 16.4. The Morgan fingerprint density at radius 2 is 1.47 bits per heavy atom. The zero-order valence-corrected chi connectivity index (χ0v) is 17.3. The van der Waals surface area contributed by atoms with E-state index in [0.717, 1.165) is 0 Å². The number of carboxylic acid groups (broad SMARTS) is 1. The van der Waals surface area contributed by atoms with Crippen LogP contribution >= 0.6 is 0 Å². The summed E-state index contributed by atoms with van der Waals surface area (Å²) in [4.78, 5) is 59.2. The summed E-state index contributed by atoms with van der Waals surface area (Å²) in [5, 5.41) is 34.0. The van der Waals surface area contributed by atoms with Gasteiger partial charge in [-0.05, 0) is 31.0 Å². The summed E-state index contributed by atoms with van der Waals surface area (Å²) in [5.41, 5.74) is 11.6. The lowest BCUT2D eigenvalue weighted by Gasteiger charge is -2.23. The maximum Gasteiger partial charge on any atom is 0.325 e. The van der Waals surface area contributed by atoms with Crippen molar-refractivity contribution in [3.8, 4) is 5.75 Å². The Morgan fingerprint density at radius 1 is 0.938 bits per heavy atom. The first-order valence-electron chi connectivity index (χ1n) is 9.51. The summed E-state index contributed by atoms with van der Waals surface area (Å²) in [6.45, 7) is 0.309. The molecule has 0 saturated heterocycles. The van der Waals surface area contributed by atoms with Crippen LogP contribution in [0.2, 0.25) is 0 Å². The molecular weight excluding hydrogens is 426 g/mol. The van der Waals surface area contributed by atoms with Crippen LogP contribution in [0.15, 0.2) is 24.3 Å². The van der Waals surface area contributed by atoms with Crippen LogP contribution in [0.5, 0.6) is 5.75 Å². The van der Waals surface area contributed by atoms with Crippen LogP contribution in [0.3, 0.4) is 0 Å². The zero-order chi connectivity index (χ0) is 24.4. The molecule has 10 N–H and O–H groups in total. The van der Waals surface area contributed by atoms with Crippen LogP contribution in [0.1, 0.15) is 18.9 Å². The van der Waals surface area contributed by atoms with Gasteiger partial charge < -0.3 is 42.7 Å². The molecule has 0 aliphatic heterocycles. The van der Waals surface area contributed by atoms with Gasteiger partial charge in [0.15, 0.2) is 0 Å². The normalized spacial score (nSPS) is 14.3. The molecule has 0 radical (unpaired) electrons. The fourth-order valence-corrected chi connectivity index (χ4v) is 2.51. The second-order valence-corrected chi connectivity index (χ2v) is 7.02. The summed E-state index contributed by atoms with van der Waals surface area (Å²) >= 11 is 0. The highest BCUT2D eigenvalue weighted by molar-refractivity contribution is 5.96. The number of amides is 4. The third kappa shape index (κ3) is 8.57. The molecule has 1 rings (SSSR count). The number of aliphatic carboxylic acids is 1. The van der Waals surface area contributed by atoms with Crippen molar-refractivity contribution in [3.05, 3.63) is 29.8 Å². The molecule has 4 amide bonds. The van der Waals surface area contributed by atoms with E-state index in [0.29, 0.717) is 5.56 Å². The monoisotopic (exact) mass is 453 g/mol. The van der Waals surface area contributed by atoms with E-state index in [-0.39, 0.29) is 12.2 Å².